The number of rotatable bonds is 46. The number of aliphatic hydroxyl groups is 1. The lowest BCUT2D eigenvalue weighted by molar-refractivity contribution is -0.163. The van der Waals surface area contributed by atoms with Crippen LogP contribution < -0.4 is 52.6 Å². The van der Waals surface area contributed by atoms with E-state index in [9.17, 15) is 97.5 Å². The SMILES string of the molecule is CC[C@@H](C)[C@@H]1NC(=O)[C@H](NC(=O)[C@H](CC(C)C)N(C)C(=O)C2CCCN2C(=O)[C@@H](C)OC(=O)OCCSSC[C@H](NC(=O)[C@H](Cc2ccccc2)NC(=O)[C@H](CC(=O)O)NC(=O)CC[C@@H](C)NC(=O)CC[C@@H](NC(=S)N[C@H](CCC(=O)O)C(=O)O)C(=O)O)C(=O)O)[C@H](C)OC(=O)[C@@H](Cc2ccc(OC)cc2)N(C)C(=O)[C@H]2CCCN2C(=O)C(CC(C)C)NC(=O)[C@H](C)C(=O)[C@@H](C(C)C)OC(=O)C[C@H]1O. The van der Waals surface area contributed by atoms with Gasteiger partial charge in [0.1, 0.15) is 84.9 Å². The number of likely N-dealkylation sites (tertiary alicyclic amines) is 1. The van der Waals surface area contributed by atoms with Crippen LogP contribution in [0.3, 0.4) is 0 Å². The van der Waals surface area contributed by atoms with Gasteiger partial charge in [-0.05, 0) is 145 Å². The molecule has 2 aromatic carbocycles. The zero-order chi connectivity index (χ0) is 104. The molecule has 3 saturated heterocycles. The Morgan fingerprint density at radius 2 is 1.24 bits per heavy atom. The third kappa shape index (κ3) is 37.9. The molecule has 772 valence electrons. The summed E-state index contributed by atoms with van der Waals surface area (Å²) >= 11 is 5.02. The molecule has 11 amide bonds. The molecule has 0 aliphatic carbocycles. The summed E-state index contributed by atoms with van der Waals surface area (Å²) in [6.07, 6.45) is -11.4. The van der Waals surface area contributed by atoms with Crippen LogP contribution in [-0.2, 0) is 123 Å². The van der Waals surface area contributed by atoms with E-state index in [-0.39, 0.29) is 114 Å². The first-order valence-electron chi connectivity index (χ1n) is 46.2. The minimum absolute atomic E-state index is 0.0224. The molecule has 47 heteroatoms. The monoisotopic (exact) mass is 2010 g/mol. The van der Waals surface area contributed by atoms with Gasteiger partial charge in [-0.25, -0.2) is 24.0 Å². The van der Waals surface area contributed by atoms with Gasteiger partial charge in [0.2, 0.25) is 59.1 Å². The molecule has 0 spiro atoms. The van der Waals surface area contributed by atoms with Crippen molar-refractivity contribution in [2.45, 2.75) is 295 Å². The number of carboxylic acid groups (broad SMARTS) is 5. The Kier molecular flexibility index (Phi) is 48.6. The molecule has 139 heavy (non-hydrogen) atoms. The molecule has 3 heterocycles. The molecular formula is C92H135N13O31S3. The summed E-state index contributed by atoms with van der Waals surface area (Å²) in [7, 11) is 6.01. The van der Waals surface area contributed by atoms with Crippen molar-refractivity contribution in [1.82, 2.24) is 67.5 Å². The number of nitrogens with zero attached hydrogens (tertiary/aromatic N) is 4. The van der Waals surface area contributed by atoms with Crippen LogP contribution in [0.2, 0.25) is 0 Å². The van der Waals surface area contributed by atoms with E-state index in [1.807, 2.05) is 13.8 Å². The first kappa shape index (κ1) is 117. The van der Waals surface area contributed by atoms with Crippen LogP contribution in [-0.4, -0.2) is 329 Å². The quantitative estimate of drug-likeness (QED) is 0.0113. The highest BCUT2D eigenvalue weighted by Gasteiger charge is 2.48. The average Bonchev–Trinajstić information content (AvgIpc) is 1.75. The first-order chi connectivity index (χ1) is 65.4. The highest BCUT2D eigenvalue weighted by molar-refractivity contribution is 8.76. The molecule has 0 radical (unpaired) electrons. The predicted molar refractivity (Wildman–Crippen MR) is 506 cm³/mol. The van der Waals surface area contributed by atoms with Gasteiger partial charge < -0.3 is 122 Å². The van der Waals surface area contributed by atoms with Gasteiger partial charge in [0.05, 0.1) is 38.0 Å². The molecule has 0 aromatic heterocycles. The molecule has 0 saturated carbocycles. The van der Waals surface area contributed by atoms with Gasteiger partial charge in [-0.1, -0.05) is 126 Å². The number of likely N-dealkylation sites (N-methyl/N-ethyl adjacent to an activating group) is 2. The summed E-state index contributed by atoms with van der Waals surface area (Å²) in [5, 5.41) is 82.4. The Morgan fingerprint density at radius 3 is 1.83 bits per heavy atom. The van der Waals surface area contributed by atoms with E-state index < -0.39 is 277 Å². The Bertz CT molecular complexity index is 4630. The molecule has 15 N–H and O–H groups in total. The second-order valence-corrected chi connectivity index (χ2v) is 39.0. The molecule has 3 fully saturated rings. The highest BCUT2D eigenvalue weighted by Crippen LogP contribution is 2.30. The van der Waals surface area contributed by atoms with Crippen LogP contribution in [0.15, 0.2) is 54.6 Å². The first-order valence-corrected chi connectivity index (χ1v) is 49.1. The topological polar surface area (TPSA) is 630 Å². The lowest BCUT2D eigenvalue weighted by Gasteiger charge is -2.36. The van der Waals surface area contributed by atoms with Crippen LogP contribution in [0, 0.1) is 29.6 Å². The van der Waals surface area contributed by atoms with Gasteiger partial charge in [-0.15, -0.1) is 0 Å². The number of hydrogen-bond donors (Lipinski definition) is 15. The highest BCUT2D eigenvalue weighted by atomic mass is 33.1. The lowest BCUT2D eigenvalue weighted by atomic mass is 9.91. The van der Waals surface area contributed by atoms with Crippen LogP contribution in [0.25, 0.3) is 0 Å². The predicted octanol–water partition coefficient (Wildman–Crippen LogP) is 2.42. The number of methoxy groups -OCH3 is 1. The van der Waals surface area contributed by atoms with Crippen molar-refractivity contribution in [3.63, 3.8) is 0 Å². The Hall–Kier alpha value is -12.0. The number of aliphatic hydroxyl groups excluding tert-OH is 1. The maximum absolute atomic E-state index is 15.4. The molecule has 3 aliphatic heterocycles. The number of ether oxygens (including phenoxy) is 5. The summed E-state index contributed by atoms with van der Waals surface area (Å²) in [4.78, 5) is 279. The van der Waals surface area contributed by atoms with Crippen molar-refractivity contribution in [2.24, 2.45) is 29.6 Å². The van der Waals surface area contributed by atoms with Crippen molar-refractivity contribution >= 4 is 158 Å². The number of benzene rings is 2. The number of cyclic esters (lactones) is 2. The second kappa shape index (κ2) is 57.5. The number of hydrogen-bond acceptors (Lipinski definition) is 29. The van der Waals surface area contributed by atoms with Crippen molar-refractivity contribution in [2.75, 3.05) is 52.4 Å². The largest absolute Gasteiger partial charge is 0.509 e. The van der Waals surface area contributed by atoms with Crippen molar-refractivity contribution in [1.29, 1.82) is 0 Å². The molecular weight excluding hydrogens is 1880 g/mol. The molecule has 0 bridgehead atoms. The van der Waals surface area contributed by atoms with E-state index in [1.54, 1.807) is 96.1 Å². The molecule has 2 aromatic rings. The summed E-state index contributed by atoms with van der Waals surface area (Å²) in [6, 6.07) is -4.08. The zero-order valence-electron chi connectivity index (χ0n) is 80.9. The number of thiocarbonyl (C=S) groups is 1. The number of Topliss-reactive ketones (excluding diaryl/α,β-unsaturated/α-hetero) is 1. The Morgan fingerprint density at radius 1 is 0.647 bits per heavy atom. The maximum Gasteiger partial charge on any atom is 0.509 e. The molecule has 44 nitrogen and oxygen atoms in total. The Labute approximate surface area is 819 Å². The summed E-state index contributed by atoms with van der Waals surface area (Å²) in [5.41, 5.74) is 0.961. The van der Waals surface area contributed by atoms with Crippen LogP contribution in [0.5, 0.6) is 5.75 Å². The van der Waals surface area contributed by atoms with Crippen molar-refractivity contribution in [3.05, 3.63) is 65.7 Å². The van der Waals surface area contributed by atoms with E-state index in [0.717, 1.165) is 31.4 Å². The van der Waals surface area contributed by atoms with Gasteiger partial charge in [-0.2, -0.15) is 0 Å². The number of carbonyl (C=O) groups excluding carboxylic acids is 15. The fourth-order valence-corrected chi connectivity index (χ4v) is 18.0. The number of carbonyl (C=O) groups is 20. The number of ketones is 1. The average molecular weight is 2020 g/mol. The van der Waals surface area contributed by atoms with Crippen LogP contribution in [0.4, 0.5) is 4.79 Å². The van der Waals surface area contributed by atoms with E-state index in [0.29, 0.717) is 23.3 Å². The van der Waals surface area contributed by atoms with Crippen LogP contribution >= 0.6 is 33.8 Å². The fourth-order valence-electron chi connectivity index (χ4n) is 15.7. The van der Waals surface area contributed by atoms with Gasteiger partial charge in [0, 0.05) is 76.8 Å². The fraction of sp³-hybridized carbons (Fsp3) is 0.641. The van der Waals surface area contributed by atoms with E-state index >= 15 is 24.0 Å². The summed E-state index contributed by atoms with van der Waals surface area (Å²) in [6.45, 7) is 18.6. The van der Waals surface area contributed by atoms with Gasteiger partial charge in [0.15, 0.2) is 23.1 Å². The zero-order valence-corrected chi connectivity index (χ0v) is 83.3. The van der Waals surface area contributed by atoms with Crippen LogP contribution in [0.1, 0.15) is 191 Å². The molecule has 3 aliphatic rings. The van der Waals surface area contributed by atoms with Gasteiger partial charge in [0.25, 0.3) is 5.91 Å². The van der Waals surface area contributed by atoms with E-state index in [4.69, 9.17) is 41.0 Å². The normalized spacial score (nSPS) is 21.7. The second-order valence-electron chi connectivity index (χ2n) is 36.0. The Balaban J connectivity index is 1.27. The lowest BCUT2D eigenvalue weighted by Crippen LogP contribution is -2.62. The van der Waals surface area contributed by atoms with E-state index in [1.165, 1.54) is 58.7 Å². The van der Waals surface area contributed by atoms with Gasteiger partial charge in [-0.3, -0.25) is 71.9 Å². The number of aliphatic carboxylic acids is 5. The minimum Gasteiger partial charge on any atom is -0.497 e. The molecule has 19 atom stereocenters. The standard InChI is InChI=1S/C92H135N13O31S3/c1-16-50(8)74-68(106)45-73(113)136-77(49(6)7)76(114)52(10)78(115)96-62(40-47(2)3)84(121)105-37-21-25-65(105)86(123)103(14)67(43-56-27-29-57(132-15)30-28-56)90(130)134-53(11)75(82(119)100-74)101-81(118)66(41-48(4)5)102(13)85(122)64-24-20-36-104(64)83(120)54(12)135-92(131)133-38-39-138-139-46-63(89(128)129)97-79(116)60(42-55-22-18-17-19-23-55)95-80(117)61(44-72(111)112)94-70(108)33-26-51(9)93-69(107)34-31-58(87(124)125)98-91(137)99-59(88(126)127)32-35-71(109)110/h17-19,22-23,27-30,47-54,58-68,74-75,77,106H,16,20-21,24-26,31-46H2,1-15H3,(H,93,107)(H,94,108)(H,95,117)(H,96,115)(H,97,116)(H,100,119)(H,101,118)(H,109,110)(H,111,112)(H,124,125)(H,126,127)(H,128,129)(H2,98,99,137)/t50-,51-,52-,53+,54-,58-,59-,60+,61+,62?,63+,64?,65-,66+,67-,68-,74+,75-,77-/m1/s1. The number of carboxylic acids is 5. The van der Waals surface area contributed by atoms with E-state index in [2.05, 4.69) is 47.9 Å². The summed E-state index contributed by atoms with van der Waals surface area (Å²) < 4.78 is 28.0. The molecule has 5 rings (SSSR count). The minimum atomic E-state index is -1.91. The number of amides is 11. The van der Waals surface area contributed by atoms with Crippen molar-refractivity contribution < 1.29 is 150 Å². The smallest absolute Gasteiger partial charge is 0.497 e. The number of esters is 2. The number of nitrogens with one attached hydrogen (secondary N) is 9. The third-order valence-corrected chi connectivity index (χ3v) is 26.3. The summed E-state index contributed by atoms with van der Waals surface area (Å²) in [5.74, 6) is -23.2. The third-order valence-electron chi connectivity index (χ3n) is 23.7. The maximum atomic E-state index is 15.4. The van der Waals surface area contributed by atoms with Gasteiger partial charge >= 0.3 is 47.9 Å². The molecule has 2 unspecified atom stereocenters. The van der Waals surface area contributed by atoms with Crippen molar-refractivity contribution in [3.8, 4) is 5.75 Å². The number of fused-ring (bicyclic) bond motifs is 1.